The Labute approximate surface area is 221 Å². The van der Waals surface area contributed by atoms with Gasteiger partial charge in [0, 0.05) is 55.2 Å². The average Bonchev–Trinajstić information content (AvgIpc) is 3.72. The summed E-state index contributed by atoms with van der Waals surface area (Å²) in [6, 6.07) is 4.17. The Bertz CT molecular complexity index is 1930. The van der Waals surface area contributed by atoms with Crippen LogP contribution in [0.1, 0.15) is 27.8 Å². The standard InChI is InChI=1S/C27H24FN9O/c1-4-24(38)36-10-7-17(14-36)37-26-18(20-8-9-35(3)32-20)13-30-27(29)25(26)21(33-37)6-5-16-11-22-23(12-19(16)28)34(2)15-31-22/h4,8-9,11-13,15,17H,1,7,10,14H2,2-3H3,(H2,29,30)/t17-/m0/s1/i2D3. The summed E-state index contributed by atoms with van der Waals surface area (Å²) < 4.78 is 42.4. The van der Waals surface area contributed by atoms with Crippen molar-refractivity contribution in [2.75, 3.05) is 18.8 Å². The number of carbonyl (C=O) groups excluding carboxylic acids is 1. The lowest BCUT2D eigenvalue weighted by Crippen LogP contribution is -2.27. The molecular weight excluding hydrogens is 485 g/mol. The number of aromatic nitrogens is 7. The lowest BCUT2D eigenvalue weighted by Gasteiger charge is -2.16. The molecule has 1 aromatic carbocycles. The van der Waals surface area contributed by atoms with Gasteiger partial charge < -0.3 is 15.2 Å². The third-order valence-corrected chi connectivity index (χ3v) is 6.69. The smallest absolute Gasteiger partial charge is 0.246 e. The molecule has 0 bridgehead atoms. The summed E-state index contributed by atoms with van der Waals surface area (Å²) in [5.41, 5.74) is 9.09. The van der Waals surface area contributed by atoms with E-state index in [0.717, 1.165) is 17.0 Å². The fourth-order valence-corrected chi connectivity index (χ4v) is 4.82. The van der Waals surface area contributed by atoms with E-state index in [-0.39, 0.29) is 34.5 Å². The van der Waals surface area contributed by atoms with Gasteiger partial charge >= 0.3 is 0 Å². The molecule has 0 spiro atoms. The highest BCUT2D eigenvalue weighted by atomic mass is 19.1. The van der Waals surface area contributed by atoms with Crippen LogP contribution >= 0.6 is 0 Å². The van der Waals surface area contributed by atoms with Gasteiger partial charge in [-0.25, -0.2) is 14.4 Å². The van der Waals surface area contributed by atoms with E-state index in [1.54, 1.807) is 20.5 Å². The number of nitrogens with zero attached hydrogens (tertiary/aromatic N) is 8. The molecule has 38 heavy (non-hydrogen) atoms. The van der Waals surface area contributed by atoms with Crippen LogP contribution in [0.4, 0.5) is 10.2 Å². The highest BCUT2D eigenvalue weighted by Gasteiger charge is 2.30. The minimum atomic E-state index is -2.50. The Morgan fingerprint density at radius 2 is 2.18 bits per heavy atom. The molecule has 5 heterocycles. The normalized spacial score (nSPS) is 16.7. The molecule has 4 aromatic heterocycles. The first-order valence-corrected chi connectivity index (χ1v) is 11.8. The molecular formula is C27H24FN9O. The van der Waals surface area contributed by atoms with Crippen molar-refractivity contribution < 1.29 is 13.3 Å². The summed E-state index contributed by atoms with van der Waals surface area (Å²) in [4.78, 5) is 22.5. The first kappa shape index (κ1) is 20.1. The first-order valence-electron chi connectivity index (χ1n) is 13.3. The van der Waals surface area contributed by atoms with Gasteiger partial charge in [-0.1, -0.05) is 12.5 Å². The Morgan fingerprint density at radius 3 is 2.95 bits per heavy atom. The van der Waals surface area contributed by atoms with Crippen molar-refractivity contribution in [2.24, 2.45) is 14.0 Å². The van der Waals surface area contributed by atoms with E-state index in [2.05, 4.69) is 33.5 Å². The quantitative estimate of drug-likeness (QED) is 0.294. The number of halogens is 1. The first-order chi connectivity index (χ1) is 19.5. The number of pyridine rings is 1. The van der Waals surface area contributed by atoms with Crippen molar-refractivity contribution in [2.45, 2.75) is 12.5 Å². The number of hydrogen-bond acceptors (Lipinski definition) is 6. The fraction of sp³-hybridized carbons (Fsp3) is 0.222. The predicted octanol–water partition coefficient (Wildman–Crippen LogP) is 2.80. The van der Waals surface area contributed by atoms with Gasteiger partial charge in [0.2, 0.25) is 5.91 Å². The second-order valence-corrected chi connectivity index (χ2v) is 9.06. The molecule has 10 nitrogen and oxygen atoms in total. The van der Waals surface area contributed by atoms with Gasteiger partial charge in [0.1, 0.15) is 17.3 Å². The number of nitrogen functional groups attached to an aromatic ring is 1. The van der Waals surface area contributed by atoms with Crippen molar-refractivity contribution in [1.29, 1.82) is 0 Å². The van der Waals surface area contributed by atoms with Crippen LogP contribution in [-0.2, 0) is 18.8 Å². The maximum atomic E-state index is 15.1. The third kappa shape index (κ3) is 3.78. The van der Waals surface area contributed by atoms with Crippen LogP contribution in [0.3, 0.4) is 0 Å². The van der Waals surface area contributed by atoms with E-state index >= 15 is 4.39 Å². The number of amides is 1. The summed E-state index contributed by atoms with van der Waals surface area (Å²) in [6.07, 6.45) is 6.52. The van der Waals surface area contributed by atoms with Crippen LogP contribution in [0.25, 0.3) is 33.2 Å². The van der Waals surface area contributed by atoms with E-state index < -0.39 is 12.8 Å². The number of carbonyl (C=O) groups is 1. The zero-order chi connectivity index (χ0) is 29.1. The summed E-state index contributed by atoms with van der Waals surface area (Å²) >= 11 is 0. The molecule has 1 fully saturated rings. The number of nitrogens with two attached hydrogens (primary N) is 1. The molecule has 1 atom stereocenters. The molecule has 190 valence electrons. The van der Waals surface area contributed by atoms with Gasteiger partial charge in [0.05, 0.1) is 45.6 Å². The second kappa shape index (κ2) is 8.85. The average molecular weight is 513 g/mol. The molecule has 1 aliphatic rings. The summed E-state index contributed by atoms with van der Waals surface area (Å²) in [6.45, 7) is 2.03. The maximum absolute atomic E-state index is 15.1. The number of anilines is 1. The maximum Gasteiger partial charge on any atom is 0.246 e. The predicted molar refractivity (Wildman–Crippen MR) is 141 cm³/mol. The summed E-state index contributed by atoms with van der Waals surface area (Å²) in [7, 11) is 1.81. The van der Waals surface area contributed by atoms with E-state index in [4.69, 9.17) is 14.9 Å². The van der Waals surface area contributed by atoms with Gasteiger partial charge in [0.25, 0.3) is 0 Å². The largest absolute Gasteiger partial charge is 0.383 e. The van der Waals surface area contributed by atoms with Crippen molar-refractivity contribution in [3.8, 4) is 23.1 Å². The van der Waals surface area contributed by atoms with E-state index in [1.165, 1.54) is 12.1 Å². The van der Waals surface area contributed by atoms with Gasteiger partial charge in [-0.3, -0.25) is 14.2 Å². The third-order valence-electron chi connectivity index (χ3n) is 6.69. The zero-order valence-corrected chi connectivity index (χ0v) is 20.4. The van der Waals surface area contributed by atoms with Crippen molar-refractivity contribution in [1.82, 2.24) is 39.0 Å². The summed E-state index contributed by atoms with van der Waals surface area (Å²) in [5, 5.41) is 9.81. The number of fused-ring (bicyclic) bond motifs is 2. The van der Waals surface area contributed by atoms with Crippen molar-refractivity contribution in [3.63, 3.8) is 0 Å². The minimum Gasteiger partial charge on any atom is -0.383 e. The molecule has 0 saturated carbocycles. The lowest BCUT2D eigenvalue weighted by atomic mass is 10.1. The van der Waals surface area contributed by atoms with Gasteiger partial charge in [-0.15, -0.1) is 0 Å². The Balaban J connectivity index is 1.51. The van der Waals surface area contributed by atoms with Gasteiger partial charge in [0.15, 0.2) is 0 Å². The molecule has 0 radical (unpaired) electrons. The molecule has 0 unspecified atom stereocenters. The molecule has 2 N–H and O–H groups in total. The van der Waals surface area contributed by atoms with Gasteiger partial charge in [-0.05, 0) is 30.6 Å². The molecule has 1 saturated heterocycles. The molecule has 5 aromatic rings. The fourth-order valence-electron chi connectivity index (χ4n) is 4.82. The molecule has 1 amide bonds. The van der Waals surface area contributed by atoms with Gasteiger partial charge in [-0.2, -0.15) is 10.2 Å². The Hall–Kier alpha value is -4.98. The molecule has 11 heteroatoms. The number of hydrogen-bond donors (Lipinski definition) is 1. The topological polar surface area (TPSA) is 113 Å². The SMILES string of the molecule is [2H]C([2H])([2H])n1cnc2cc(C#Cc3nn([C@H]4CCN(C(=O)C=C)C4)c4c(-c5ccn(C)n5)cnc(N)c34)c(F)cc21. The van der Waals surface area contributed by atoms with E-state index in [9.17, 15) is 4.79 Å². The van der Waals surface area contributed by atoms with Crippen molar-refractivity contribution >= 4 is 33.7 Å². The van der Waals surface area contributed by atoms with Crippen LogP contribution < -0.4 is 5.73 Å². The van der Waals surface area contributed by atoms with Crippen LogP contribution in [0.2, 0.25) is 0 Å². The van der Waals surface area contributed by atoms with Crippen LogP contribution in [0, 0.1) is 17.7 Å². The molecule has 1 aliphatic heterocycles. The second-order valence-electron chi connectivity index (χ2n) is 9.06. The zero-order valence-electron chi connectivity index (χ0n) is 23.4. The van der Waals surface area contributed by atoms with Crippen LogP contribution in [-0.4, -0.2) is 58.0 Å². The Morgan fingerprint density at radius 1 is 1.32 bits per heavy atom. The highest BCUT2D eigenvalue weighted by Crippen LogP contribution is 2.35. The number of rotatable bonds is 3. The van der Waals surface area contributed by atoms with E-state index in [1.807, 2.05) is 19.3 Å². The number of benzene rings is 1. The van der Waals surface area contributed by atoms with Crippen LogP contribution in [0.5, 0.6) is 0 Å². The number of likely N-dealkylation sites (tertiary alicyclic amines) is 1. The monoisotopic (exact) mass is 512 g/mol. The van der Waals surface area contributed by atoms with E-state index in [0.29, 0.717) is 47.2 Å². The lowest BCUT2D eigenvalue weighted by molar-refractivity contribution is -0.125. The van der Waals surface area contributed by atoms with Crippen molar-refractivity contribution in [3.05, 3.63) is 66.6 Å². The number of imidazole rings is 1. The highest BCUT2D eigenvalue weighted by molar-refractivity contribution is 6.01. The minimum absolute atomic E-state index is 0.0204. The Kier molecular flexibility index (Phi) is 4.68. The number of aryl methyl sites for hydroxylation is 2. The van der Waals surface area contributed by atoms with Crippen LogP contribution in [0.15, 0.2) is 49.6 Å². The molecule has 6 rings (SSSR count). The summed E-state index contributed by atoms with van der Waals surface area (Å²) in [5.74, 6) is 5.10. The molecule has 0 aliphatic carbocycles.